The van der Waals surface area contributed by atoms with Crippen molar-refractivity contribution in [2.75, 3.05) is 7.11 Å². The van der Waals surface area contributed by atoms with Crippen LogP contribution in [0.3, 0.4) is 0 Å². The van der Waals surface area contributed by atoms with E-state index < -0.39 is 7.26 Å². The molecule has 0 aliphatic carbocycles. The highest BCUT2D eigenvalue weighted by Gasteiger charge is 2.53. The smallest absolute Gasteiger partial charge is 0.206 e. The summed E-state index contributed by atoms with van der Waals surface area (Å²) in [5.41, 5.74) is 1.20. The van der Waals surface area contributed by atoms with Gasteiger partial charge in [0.2, 0.25) is 5.85 Å². The first-order valence-electron chi connectivity index (χ1n) is 10.9. The largest absolute Gasteiger partial charge is 0.342 e. The van der Waals surface area contributed by atoms with Crippen molar-refractivity contribution in [2.24, 2.45) is 0 Å². The van der Waals surface area contributed by atoms with E-state index in [9.17, 15) is 0 Å². The molecule has 0 saturated carbocycles. The van der Waals surface area contributed by atoms with Crippen molar-refractivity contribution >= 4 is 33.9 Å². The first-order chi connectivity index (χ1) is 15.8. The summed E-state index contributed by atoms with van der Waals surface area (Å²) in [6.45, 7) is 0. The summed E-state index contributed by atoms with van der Waals surface area (Å²) in [4.78, 5) is 0. The Morgan fingerprint density at radius 2 is 0.938 bits per heavy atom. The van der Waals surface area contributed by atoms with Crippen LogP contribution in [0.4, 0.5) is 0 Å². The molecule has 1 unspecified atom stereocenters. The van der Waals surface area contributed by atoms with Crippen LogP contribution < -0.4 is 15.9 Å². The zero-order valence-electron chi connectivity index (χ0n) is 18.1. The minimum absolute atomic E-state index is 0.112. The average molecular weight is 434 g/mol. The zero-order chi connectivity index (χ0) is 21.8. The number of methoxy groups -OCH3 is 1. The van der Waals surface area contributed by atoms with Crippen LogP contribution in [0.1, 0.15) is 11.4 Å². The lowest BCUT2D eigenvalue weighted by Crippen LogP contribution is -2.35. The number of ether oxygens (including phenoxy) is 1. The van der Waals surface area contributed by atoms with Crippen LogP contribution in [0.25, 0.3) is 10.8 Å². The summed E-state index contributed by atoms with van der Waals surface area (Å²) in [6, 6.07) is 48.0. The SMILES string of the molecule is COC(c1ccc2ccccc2c1)[P+](c1ccccc1)(c1ccccc1)c1ccccc1. The van der Waals surface area contributed by atoms with E-state index in [2.05, 4.69) is 133 Å². The molecule has 1 atom stereocenters. The van der Waals surface area contributed by atoms with Gasteiger partial charge in [-0.25, -0.2) is 0 Å². The van der Waals surface area contributed by atoms with Crippen LogP contribution in [-0.4, -0.2) is 7.11 Å². The molecule has 0 aliphatic heterocycles. The van der Waals surface area contributed by atoms with Gasteiger partial charge in [0.25, 0.3) is 0 Å². The highest BCUT2D eigenvalue weighted by atomic mass is 31.2. The number of fused-ring (bicyclic) bond motifs is 1. The minimum atomic E-state index is -2.19. The van der Waals surface area contributed by atoms with Gasteiger partial charge in [0.1, 0.15) is 23.2 Å². The minimum Gasteiger partial charge on any atom is -0.342 e. The number of hydrogen-bond donors (Lipinski definition) is 0. The second kappa shape index (κ2) is 9.09. The molecule has 1 nitrogen and oxygen atoms in total. The average Bonchev–Trinajstić information content (AvgIpc) is 2.88. The fraction of sp³-hybridized carbons (Fsp3) is 0.0667. The van der Waals surface area contributed by atoms with E-state index in [1.54, 1.807) is 0 Å². The molecule has 32 heavy (non-hydrogen) atoms. The molecular weight excluding hydrogens is 407 g/mol. The van der Waals surface area contributed by atoms with E-state index in [-0.39, 0.29) is 5.85 Å². The van der Waals surface area contributed by atoms with Crippen LogP contribution in [-0.2, 0) is 4.74 Å². The summed E-state index contributed by atoms with van der Waals surface area (Å²) < 4.78 is 6.46. The summed E-state index contributed by atoms with van der Waals surface area (Å²) in [5, 5.41) is 6.43. The Labute approximate surface area is 190 Å². The molecule has 0 bridgehead atoms. The molecule has 156 valence electrons. The lowest BCUT2D eigenvalue weighted by molar-refractivity contribution is 0.171. The Hall–Kier alpha value is -3.25. The highest BCUT2D eigenvalue weighted by molar-refractivity contribution is 7.95. The standard InChI is InChI=1S/C30H26OP/c1-31-30(26-22-21-24-13-11-12-14-25(24)23-26)32(27-15-5-2-6-16-27,28-17-7-3-8-18-28)29-19-9-4-10-20-29/h2-23,30H,1H3/q+1. The van der Waals surface area contributed by atoms with E-state index in [0.717, 1.165) is 0 Å². The second-order valence-electron chi connectivity index (χ2n) is 7.92. The van der Waals surface area contributed by atoms with Gasteiger partial charge in [-0.1, -0.05) is 91.0 Å². The summed E-state index contributed by atoms with van der Waals surface area (Å²) in [5.74, 6) is -0.112. The van der Waals surface area contributed by atoms with E-state index in [4.69, 9.17) is 4.74 Å². The fourth-order valence-corrected chi connectivity index (χ4v) is 9.28. The molecule has 0 spiro atoms. The second-order valence-corrected chi connectivity index (χ2v) is 11.4. The van der Waals surface area contributed by atoms with Gasteiger partial charge in [0.15, 0.2) is 0 Å². The Bertz CT molecular complexity index is 1200. The van der Waals surface area contributed by atoms with Gasteiger partial charge in [-0.15, -0.1) is 0 Å². The quantitative estimate of drug-likeness (QED) is 0.279. The molecule has 0 aliphatic rings. The van der Waals surface area contributed by atoms with Gasteiger partial charge in [0, 0.05) is 12.7 Å². The van der Waals surface area contributed by atoms with Crippen molar-refractivity contribution in [3.63, 3.8) is 0 Å². The monoisotopic (exact) mass is 433 g/mol. The van der Waals surface area contributed by atoms with Crippen molar-refractivity contribution < 1.29 is 4.74 Å². The van der Waals surface area contributed by atoms with Gasteiger partial charge in [0.05, 0.1) is 0 Å². The maximum Gasteiger partial charge on any atom is 0.206 e. The van der Waals surface area contributed by atoms with E-state index in [1.807, 2.05) is 7.11 Å². The molecule has 2 heteroatoms. The van der Waals surface area contributed by atoms with Gasteiger partial charge >= 0.3 is 0 Å². The molecule has 5 rings (SSSR count). The Morgan fingerprint density at radius 1 is 0.500 bits per heavy atom. The summed E-state index contributed by atoms with van der Waals surface area (Å²) in [7, 11) is -0.335. The lowest BCUT2D eigenvalue weighted by Gasteiger charge is -2.34. The lowest BCUT2D eigenvalue weighted by atomic mass is 10.1. The Kier molecular flexibility index (Phi) is 5.86. The summed E-state index contributed by atoms with van der Waals surface area (Å²) >= 11 is 0. The van der Waals surface area contributed by atoms with Crippen LogP contribution in [0, 0.1) is 0 Å². The Balaban J connectivity index is 1.85. The summed E-state index contributed by atoms with van der Waals surface area (Å²) in [6.07, 6.45) is 0. The molecule has 0 heterocycles. The highest BCUT2D eigenvalue weighted by Crippen LogP contribution is 2.67. The van der Waals surface area contributed by atoms with Crippen molar-refractivity contribution in [3.05, 3.63) is 139 Å². The fourth-order valence-electron chi connectivity index (χ4n) is 4.72. The first-order valence-corrected chi connectivity index (χ1v) is 12.8. The molecule has 5 aromatic rings. The molecule has 0 N–H and O–H groups in total. The third kappa shape index (κ3) is 3.54. The third-order valence-corrected chi connectivity index (χ3v) is 10.7. The third-order valence-electron chi connectivity index (χ3n) is 6.12. The van der Waals surface area contributed by atoms with Gasteiger partial charge < -0.3 is 4.74 Å². The first kappa shape index (κ1) is 20.6. The molecular formula is C30H26OP+. The predicted molar refractivity (Wildman–Crippen MR) is 139 cm³/mol. The van der Waals surface area contributed by atoms with Crippen molar-refractivity contribution in [3.8, 4) is 0 Å². The van der Waals surface area contributed by atoms with E-state index in [0.29, 0.717) is 0 Å². The number of rotatable bonds is 6. The number of benzene rings is 5. The Morgan fingerprint density at radius 3 is 1.41 bits per heavy atom. The van der Waals surface area contributed by atoms with Crippen molar-refractivity contribution in [1.29, 1.82) is 0 Å². The van der Waals surface area contributed by atoms with Gasteiger partial charge in [-0.2, -0.15) is 0 Å². The predicted octanol–water partition coefficient (Wildman–Crippen LogP) is 6.48. The normalized spacial score (nSPS) is 12.5. The van der Waals surface area contributed by atoms with E-state index in [1.165, 1.54) is 32.2 Å². The van der Waals surface area contributed by atoms with Gasteiger partial charge in [-0.3, -0.25) is 0 Å². The topological polar surface area (TPSA) is 9.23 Å². The van der Waals surface area contributed by atoms with Crippen LogP contribution in [0.2, 0.25) is 0 Å². The van der Waals surface area contributed by atoms with E-state index >= 15 is 0 Å². The van der Waals surface area contributed by atoms with Crippen LogP contribution in [0.15, 0.2) is 133 Å². The molecule has 0 radical (unpaired) electrons. The maximum absolute atomic E-state index is 6.46. The van der Waals surface area contributed by atoms with Crippen molar-refractivity contribution in [1.82, 2.24) is 0 Å². The molecule has 5 aromatic carbocycles. The zero-order valence-corrected chi connectivity index (χ0v) is 19.0. The molecule has 0 saturated heterocycles. The van der Waals surface area contributed by atoms with Crippen LogP contribution in [0.5, 0.6) is 0 Å². The maximum atomic E-state index is 6.46. The molecule has 0 fully saturated rings. The number of hydrogen-bond acceptors (Lipinski definition) is 1. The molecule has 0 amide bonds. The van der Waals surface area contributed by atoms with Gasteiger partial charge in [-0.05, 0) is 53.2 Å². The van der Waals surface area contributed by atoms with Crippen LogP contribution >= 0.6 is 7.26 Å². The van der Waals surface area contributed by atoms with Crippen molar-refractivity contribution in [2.45, 2.75) is 5.85 Å². The molecule has 0 aromatic heterocycles.